The normalized spacial score (nSPS) is 32.9. The molecule has 2 aliphatic rings. The minimum absolute atomic E-state index is 0.0502. The van der Waals surface area contributed by atoms with Crippen LogP contribution in [-0.4, -0.2) is 48.2 Å². The largest absolute Gasteiger partial charge is 0.389 e. The third-order valence-corrected chi connectivity index (χ3v) is 3.64. The number of hydrogen-bond donors (Lipinski definition) is 1. The fourth-order valence-electron chi connectivity index (χ4n) is 2.64. The van der Waals surface area contributed by atoms with Crippen LogP contribution in [0.5, 0.6) is 0 Å². The number of ether oxygens (including phenoxy) is 1. The van der Waals surface area contributed by atoms with E-state index in [-0.39, 0.29) is 42.2 Å². The molecule has 2 amide bonds. The number of fused-ring (bicyclic) bond motifs is 1. The second-order valence-corrected chi connectivity index (χ2v) is 5.17. The van der Waals surface area contributed by atoms with Crippen LogP contribution >= 0.6 is 0 Å². The summed E-state index contributed by atoms with van der Waals surface area (Å²) in [7, 11) is 1.47. The van der Waals surface area contributed by atoms with E-state index in [1.807, 2.05) is 13.8 Å². The van der Waals surface area contributed by atoms with Gasteiger partial charge in [0.2, 0.25) is 11.8 Å². The third-order valence-electron chi connectivity index (χ3n) is 3.64. The van der Waals surface area contributed by atoms with Crippen LogP contribution in [-0.2, 0) is 14.3 Å². The maximum atomic E-state index is 11.9. The molecular weight excluding hydrogens is 210 g/mol. The molecule has 0 radical (unpaired) electrons. The Morgan fingerprint density at radius 2 is 1.88 bits per heavy atom. The maximum Gasteiger partial charge on any atom is 0.233 e. The molecular formula is C11H17NO4. The monoisotopic (exact) mass is 227 g/mol. The zero-order valence-electron chi connectivity index (χ0n) is 9.77. The lowest BCUT2D eigenvalue weighted by Gasteiger charge is -2.22. The number of nitrogens with zero attached hydrogens (tertiary/aromatic N) is 1. The number of aliphatic hydroxyl groups excluding tert-OH is 1. The van der Waals surface area contributed by atoms with Gasteiger partial charge in [-0.3, -0.25) is 14.5 Å². The van der Waals surface area contributed by atoms with Crippen molar-refractivity contribution in [2.24, 2.45) is 17.3 Å². The highest BCUT2D eigenvalue weighted by Gasteiger charge is 2.72. The summed E-state index contributed by atoms with van der Waals surface area (Å²) in [4.78, 5) is 24.9. The first-order valence-electron chi connectivity index (χ1n) is 5.43. The number of β-amino-alcohol motifs (C(OH)–C–C–N with tert-alkyl or cyclic N) is 1. The van der Waals surface area contributed by atoms with Gasteiger partial charge < -0.3 is 9.84 Å². The van der Waals surface area contributed by atoms with Crippen LogP contribution in [0.4, 0.5) is 0 Å². The van der Waals surface area contributed by atoms with Gasteiger partial charge >= 0.3 is 0 Å². The van der Waals surface area contributed by atoms with Crippen LogP contribution in [0.3, 0.4) is 0 Å². The Balaban J connectivity index is 2.00. The molecule has 2 rings (SSSR count). The highest BCUT2D eigenvalue weighted by molar-refractivity contribution is 6.10. The van der Waals surface area contributed by atoms with E-state index in [0.29, 0.717) is 0 Å². The summed E-state index contributed by atoms with van der Waals surface area (Å²) in [5.41, 5.74) is -0.184. The van der Waals surface area contributed by atoms with Crippen LogP contribution in [0, 0.1) is 17.3 Å². The molecule has 1 saturated heterocycles. The molecule has 1 aliphatic heterocycles. The summed E-state index contributed by atoms with van der Waals surface area (Å²) in [6, 6.07) is 0. The Hall–Kier alpha value is -0.940. The van der Waals surface area contributed by atoms with E-state index in [9.17, 15) is 14.7 Å². The van der Waals surface area contributed by atoms with Gasteiger partial charge in [-0.15, -0.1) is 0 Å². The average Bonchev–Trinajstić information content (AvgIpc) is 2.66. The molecule has 2 fully saturated rings. The van der Waals surface area contributed by atoms with Crippen molar-refractivity contribution >= 4 is 11.8 Å². The first kappa shape index (κ1) is 11.5. The number of likely N-dealkylation sites (tertiary alicyclic amines) is 1. The van der Waals surface area contributed by atoms with Gasteiger partial charge in [0.1, 0.15) is 0 Å². The van der Waals surface area contributed by atoms with Crippen molar-refractivity contribution in [1.82, 2.24) is 4.90 Å². The Labute approximate surface area is 94.4 Å². The SMILES string of the molecule is COCC(O)CN1C(=O)C2C(C1=O)C2(C)C. The summed E-state index contributed by atoms with van der Waals surface area (Å²) >= 11 is 0. The van der Waals surface area contributed by atoms with E-state index < -0.39 is 6.10 Å². The predicted octanol–water partition coefficient (Wildman–Crippen LogP) is -0.365. The van der Waals surface area contributed by atoms with E-state index in [4.69, 9.17) is 4.74 Å². The fraction of sp³-hybridized carbons (Fsp3) is 0.818. The molecule has 1 heterocycles. The highest BCUT2D eigenvalue weighted by Crippen LogP contribution is 2.63. The first-order chi connectivity index (χ1) is 7.41. The van der Waals surface area contributed by atoms with Crippen molar-refractivity contribution < 1.29 is 19.4 Å². The number of hydrogen-bond acceptors (Lipinski definition) is 4. The van der Waals surface area contributed by atoms with Crippen molar-refractivity contribution in [3.05, 3.63) is 0 Å². The van der Waals surface area contributed by atoms with Crippen LogP contribution in [0.2, 0.25) is 0 Å². The quantitative estimate of drug-likeness (QED) is 0.666. The molecule has 0 aromatic carbocycles. The van der Waals surface area contributed by atoms with E-state index in [1.54, 1.807) is 0 Å². The molecule has 16 heavy (non-hydrogen) atoms. The summed E-state index contributed by atoms with van der Waals surface area (Å²) < 4.78 is 4.76. The number of aliphatic hydroxyl groups is 1. The number of carbonyl (C=O) groups excluding carboxylic acids is 2. The van der Waals surface area contributed by atoms with Gasteiger partial charge in [0.25, 0.3) is 0 Å². The summed E-state index contributed by atoms with van der Waals surface area (Å²) in [6.45, 7) is 4.05. The smallest absolute Gasteiger partial charge is 0.233 e. The molecule has 0 aromatic heterocycles. The van der Waals surface area contributed by atoms with Crippen molar-refractivity contribution in [1.29, 1.82) is 0 Å². The lowest BCUT2D eigenvalue weighted by atomic mass is 10.1. The fourth-order valence-corrected chi connectivity index (χ4v) is 2.64. The minimum atomic E-state index is -0.793. The maximum absolute atomic E-state index is 11.9. The summed E-state index contributed by atoms with van der Waals surface area (Å²) in [6.07, 6.45) is -0.793. The lowest BCUT2D eigenvalue weighted by molar-refractivity contribution is -0.145. The molecule has 0 aromatic rings. The number of methoxy groups -OCH3 is 1. The molecule has 1 N–H and O–H groups in total. The number of piperidine rings is 1. The third kappa shape index (κ3) is 1.46. The van der Waals surface area contributed by atoms with Crippen LogP contribution in [0.25, 0.3) is 0 Å². The van der Waals surface area contributed by atoms with Gasteiger partial charge in [-0.25, -0.2) is 0 Å². The molecule has 1 aliphatic carbocycles. The molecule has 0 bridgehead atoms. The zero-order valence-corrected chi connectivity index (χ0v) is 9.77. The number of amides is 2. The van der Waals surface area contributed by atoms with Gasteiger partial charge in [0.05, 0.1) is 31.1 Å². The van der Waals surface area contributed by atoms with Crippen LogP contribution in [0.1, 0.15) is 13.8 Å². The summed E-state index contributed by atoms with van der Waals surface area (Å²) in [5.74, 6) is -0.630. The van der Waals surface area contributed by atoms with E-state index in [0.717, 1.165) is 0 Å². The highest BCUT2D eigenvalue weighted by atomic mass is 16.5. The van der Waals surface area contributed by atoms with E-state index in [1.165, 1.54) is 12.0 Å². The van der Waals surface area contributed by atoms with Crippen LogP contribution < -0.4 is 0 Å². The lowest BCUT2D eigenvalue weighted by Crippen LogP contribution is -2.42. The number of imide groups is 1. The summed E-state index contributed by atoms with van der Waals surface area (Å²) in [5, 5.41) is 9.51. The Bertz CT molecular complexity index is 315. The van der Waals surface area contributed by atoms with Gasteiger partial charge in [0.15, 0.2) is 0 Å². The van der Waals surface area contributed by atoms with Crippen molar-refractivity contribution in [3.8, 4) is 0 Å². The second kappa shape index (κ2) is 3.53. The predicted molar refractivity (Wildman–Crippen MR) is 55.4 cm³/mol. The minimum Gasteiger partial charge on any atom is -0.389 e. The van der Waals surface area contributed by atoms with Crippen molar-refractivity contribution in [3.63, 3.8) is 0 Å². The number of carbonyl (C=O) groups is 2. The molecule has 1 saturated carbocycles. The Kier molecular flexibility index (Phi) is 2.55. The molecule has 3 unspecified atom stereocenters. The standard InChI is InChI=1S/C11H17NO4/c1-11(2)7-8(11)10(15)12(9(7)14)4-6(13)5-16-3/h6-8,13H,4-5H2,1-3H3. The second-order valence-electron chi connectivity index (χ2n) is 5.17. The average molecular weight is 227 g/mol. The molecule has 3 atom stereocenters. The first-order valence-corrected chi connectivity index (χ1v) is 5.43. The van der Waals surface area contributed by atoms with Gasteiger partial charge in [0, 0.05) is 7.11 Å². The zero-order chi connectivity index (χ0) is 12.1. The van der Waals surface area contributed by atoms with E-state index >= 15 is 0 Å². The Morgan fingerprint density at radius 1 is 1.38 bits per heavy atom. The van der Waals surface area contributed by atoms with Crippen LogP contribution in [0.15, 0.2) is 0 Å². The Morgan fingerprint density at radius 3 is 2.31 bits per heavy atom. The topological polar surface area (TPSA) is 66.8 Å². The van der Waals surface area contributed by atoms with E-state index in [2.05, 4.69) is 0 Å². The molecule has 5 nitrogen and oxygen atoms in total. The van der Waals surface area contributed by atoms with Gasteiger partial charge in [-0.2, -0.15) is 0 Å². The number of rotatable bonds is 4. The van der Waals surface area contributed by atoms with Crippen molar-refractivity contribution in [2.75, 3.05) is 20.3 Å². The molecule has 90 valence electrons. The molecule has 5 heteroatoms. The van der Waals surface area contributed by atoms with Gasteiger partial charge in [-0.1, -0.05) is 13.8 Å². The van der Waals surface area contributed by atoms with Crippen molar-refractivity contribution in [2.45, 2.75) is 20.0 Å². The molecule has 0 spiro atoms. The van der Waals surface area contributed by atoms with Gasteiger partial charge in [-0.05, 0) is 5.41 Å².